The SMILES string of the molecule is O=C(c1cccc(N2CCCS2(=O)=O)c1)N1CCCN(S(=O)(=O)c2ccc(F)cc2)CC1. The van der Waals surface area contributed by atoms with Crippen molar-refractivity contribution in [3.63, 3.8) is 0 Å². The summed E-state index contributed by atoms with van der Waals surface area (Å²) in [5, 5.41) is 0. The number of anilines is 1. The van der Waals surface area contributed by atoms with Crippen molar-refractivity contribution in [3.05, 3.63) is 59.9 Å². The Balaban J connectivity index is 1.48. The minimum atomic E-state index is -3.79. The standard InChI is InChI=1S/C21H24FN3O5S2/c22-18-6-8-20(9-7-18)32(29,30)24-11-2-10-23(13-14-24)21(26)17-4-1-5-19(16-17)25-12-3-15-31(25,27)28/h1,4-9,16H,2-3,10-15H2. The minimum absolute atomic E-state index is 0.0122. The summed E-state index contributed by atoms with van der Waals surface area (Å²) in [6.07, 6.45) is 0.997. The van der Waals surface area contributed by atoms with Crippen molar-refractivity contribution in [2.75, 3.05) is 42.8 Å². The maximum atomic E-state index is 13.2. The molecule has 0 unspecified atom stereocenters. The average Bonchev–Trinajstić information content (AvgIpc) is 2.97. The number of hydrogen-bond acceptors (Lipinski definition) is 5. The van der Waals surface area contributed by atoms with Gasteiger partial charge in [-0.15, -0.1) is 0 Å². The molecule has 0 radical (unpaired) electrons. The topological polar surface area (TPSA) is 95.1 Å². The van der Waals surface area contributed by atoms with E-state index in [0.29, 0.717) is 37.2 Å². The predicted molar refractivity (Wildman–Crippen MR) is 118 cm³/mol. The molecule has 2 aliphatic heterocycles. The molecule has 2 fully saturated rings. The van der Waals surface area contributed by atoms with E-state index in [2.05, 4.69) is 0 Å². The van der Waals surface area contributed by atoms with E-state index in [1.807, 2.05) is 0 Å². The first-order valence-electron chi connectivity index (χ1n) is 10.3. The van der Waals surface area contributed by atoms with Crippen LogP contribution in [0, 0.1) is 5.82 Å². The second-order valence-corrected chi connectivity index (χ2v) is 11.7. The van der Waals surface area contributed by atoms with Gasteiger partial charge in [-0.2, -0.15) is 4.31 Å². The lowest BCUT2D eigenvalue weighted by Gasteiger charge is -2.23. The van der Waals surface area contributed by atoms with Gasteiger partial charge in [-0.05, 0) is 55.3 Å². The van der Waals surface area contributed by atoms with Crippen molar-refractivity contribution in [1.29, 1.82) is 0 Å². The van der Waals surface area contributed by atoms with Crippen LogP contribution >= 0.6 is 0 Å². The Bertz CT molecular complexity index is 1220. The summed E-state index contributed by atoms with van der Waals surface area (Å²) in [6.45, 7) is 1.33. The van der Waals surface area contributed by atoms with Crippen LogP contribution in [0.25, 0.3) is 0 Å². The Labute approximate surface area is 187 Å². The highest BCUT2D eigenvalue weighted by molar-refractivity contribution is 7.93. The van der Waals surface area contributed by atoms with Gasteiger partial charge in [-0.1, -0.05) is 6.07 Å². The smallest absolute Gasteiger partial charge is 0.253 e. The summed E-state index contributed by atoms with van der Waals surface area (Å²) >= 11 is 0. The second kappa shape index (κ2) is 8.80. The molecule has 0 spiro atoms. The number of rotatable bonds is 4. The largest absolute Gasteiger partial charge is 0.337 e. The molecular formula is C21H24FN3O5S2. The fraction of sp³-hybridized carbons (Fsp3) is 0.381. The summed E-state index contributed by atoms with van der Waals surface area (Å²) in [6, 6.07) is 11.2. The third-order valence-electron chi connectivity index (χ3n) is 5.67. The molecule has 2 aromatic rings. The van der Waals surface area contributed by atoms with Crippen LogP contribution in [-0.2, 0) is 20.0 Å². The number of nitrogens with zero attached hydrogens (tertiary/aromatic N) is 3. The molecule has 0 bridgehead atoms. The van der Waals surface area contributed by atoms with Gasteiger partial charge in [0.05, 0.1) is 16.3 Å². The number of sulfonamides is 2. The fourth-order valence-corrected chi connectivity index (χ4v) is 7.02. The number of benzene rings is 2. The monoisotopic (exact) mass is 481 g/mol. The van der Waals surface area contributed by atoms with Crippen LogP contribution in [0.15, 0.2) is 53.4 Å². The van der Waals surface area contributed by atoms with Crippen LogP contribution in [-0.4, -0.2) is 70.4 Å². The maximum Gasteiger partial charge on any atom is 0.253 e. The first-order valence-corrected chi connectivity index (χ1v) is 13.4. The van der Waals surface area contributed by atoms with Crippen LogP contribution in [0.4, 0.5) is 10.1 Å². The Kier molecular flexibility index (Phi) is 6.24. The van der Waals surface area contributed by atoms with Crippen molar-refractivity contribution in [2.24, 2.45) is 0 Å². The van der Waals surface area contributed by atoms with E-state index in [-0.39, 0.29) is 36.2 Å². The van der Waals surface area contributed by atoms with Gasteiger partial charge >= 0.3 is 0 Å². The highest BCUT2D eigenvalue weighted by Gasteiger charge is 2.31. The molecule has 8 nitrogen and oxygen atoms in total. The van der Waals surface area contributed by atoms with E-state index in [0.717, 1.165) is 12.1 Å². The van der Waals surface area contributed by atoms with Gasteiger partial charge in [0.2, 0.25) is 20.0 Å². The van der Waals surface area contributed by atoms with Crippen LogP contribution in [0.5, 0.6) is 0 Å². The lowest BCUT2D eigenvalue weighted by Crippen LogP contribution is -2.37. The molecule has 2 heterocycles. The predicted octanol–water partition coefficient (Wildman–Crippen LogP) is 1.90. The molecule has 2 aromatic carbocycles. The van der Waals surface area contributed by atoms with Gasteiger partial charge in [-0.3, -0.25) is 9.10 Å². The lowest BCUT2D eigenvalue weighted by molar-refractivity contribution is 0.0764. The minimum Gasteiger partial charge on any atom is -0.337 e. The highest BCUT2D eigenvalue weighted by atomic mass is 32.2. The molecule has 32 heavy (non-hydrogen) atoms. The fourth-order valence-electron chi connectivity index (χ4n) is 4.00. The van der Waals surface area contributed by atoms with Crippen molar-refractivity contribution in [3.8, 4) is 0 Å². The van der Waals surface area contributed by atoms with Crippen LogP contribution in [0.1, 0.15) is 23.2 Å². The Morgan fingerprint density at radius 3 is 2.34 bits per heavy atom. The van der Waals surface area contributed by atoms with Gasteiger partial charge in [-0.25, -0.2) is 21.2 Å². The molecular weight excluding hydrogens is 457 g/mol. The van der Waals surface area contributed by atoms with Gasteiger partial charge in [0.25, 0.3) is 5.91 Å². The molecule has 0 saturated carbocycles. The van der Waals surface area contributed by atoms with Gasteiger partial charge in [0.15, 0.2) is 0 Å². The van der Waals surface area contributed by atoms with E-state index >= 15 is 0 Å². The number of carbonyl (C=O) groups is 1. The molecule has 0 atom stereocenters. The number of carbonyl (C=O) groups excluding carboxylic acids is 1. The summed E-state index contributed by atoms with van der Waals surface area (Å²) < 4.78 is 66.0. The highest BCUT2D eigenvalue weighted by Crippen LogP contribution is 2.26. The van der Waals surface area contributed by atoms with Crippen molar-refractivity contribution < 1.29 is 26.0 Å². The van der Waals surface area contributed by atoms with E-state index < -0.39 is 25.9 Å². The lowest BCUT2D eigenvalue weighted by atomic mass is 10.1. The molecule has 172 valence electrons. The van der Waals surface area contributed by atoms with Gasteiger partial charge < -0.3 is 4.90 Å². The summed E-state index contributed by atoms with van der Waals surface area (Å²) in [4.78, 5) is 14.7. The zero-order valence-electron chi connectivity index (χ0n) is 17.4. The average molecular weight is 482 g/mol. The normalized spacial score (nSPS) is 19.7. The van der Waals surface area contributed by atoms with Crippen LogP contribution in [0.3, 0.4) is 0 Å². The molecule has 2 saturated heterocycles. The van der Waals surface area contributed by atoms with Crippen molar-refractivity contribution in [2.45, 2.75) is 17.7 Å². The molecule has 0 N–H and O–H groups in total. The molecule has 2 aliphatic rings. The summed E-state index contributed by atoms with van der Waals surface area (Å²) in [5.41, 5.74) is 0.822. The Morgan fingerprint density at radius 1 is 0.906 bits per heavy atom. The molecule has 11 heteroatoms. The Hall–Kier alpha value is -2.50. The number of hydrogen-bond donors (Lipinski definition) is 0. The van der Waals surface area contributed by atoms with E-state index in [1.54, 1.807) is 29.2 Å². The van der Waals surface area contributed by atoms with E-state index in [9.17, 15) is 26.0 Å². The first kappa shape index (κ1) is 22.7. The van der Waals surface area contributed by atoms with Crippen LogP contribution in [0.2, 0.25) is 0 Å². The Morgan fingerprint density at radius 2 is 1.66 bits per heavy atom. The van der Waals surface area contributed by atoms with E-state index in [1.165, 1.54) is 20.7 Å². The molecule has 0 aromatic heterocycles. The maximum absolute atomic E-state index is 13.2. The quantitative estimate of drug-likeness (QED) is 0.665. The van der Waals surface area contributed by atoms with Crippen molar-refractivity contribution >= 4 is 31.6 Å². The van der Waals surface area contributed by atoms with Crippen LogP contribution < -0.4 is 4.31 Å². The summed E-state index contributed by atoms with van der Waals surface area (Å²) in [7, 11) is -7.15. The third-order valence-corrected chi connectivity index (χ3v) is 9.46. The second-order valence-electron chi connectivity index (χ2n) is 7.80. The molecule has 0 aliphatic carbocycles. The summed E-state index contributed by atoms with van der Waals surface area (Å²) in [5.74, 6) is -0.694. The number of halogens is 1. The van der Waals surface area contributed by atoms with E-state index in [4.69, 9.17) is 0 Å². The molecule has 1 amide bonds. The van der Waals surface area contributed by atoms with Gasteiger partial charge in [0.1, 0.15) is 5.82 Å². The third kappa shape index (κ3) is 4.50. The van der Waals surface area contributed by atoms with Gasteiger partial charge in [0, 0.05) is 38.3 Å². The molecule has 4 rings (SSSR count). The first-order chi connectivity index (χ1) is 15.2. The number of amides is 1. The zero-order chi connectivity index (χ0) is 22.9. The zero-order valence-corrected chi connectivity index (χ0v) is 19.0. The van der Waals surface area contributed by atoms with Crippen molar-refractivity contribution in [1.82, 2.24) is 9.21 Å².